The Labute approximate surface area is 109 Å². The Bertz CT molecular complexity index is 557. The van der Waals surface area contributed by atoms with Gasteiger partial charge >= 0.3 is 0 Å². The van der Waals surface area contributed by atoms with E-state index in [1.54, 1.807) is 25.1 Å². The van der Waals surface area contributed by atoms with Crippen LogP contribution in [0.15, 0.2) is 24.3 Å². The molecule has 0 saturated carbocycles. The maximum absolute atomic E-state index is 13.2. The third kappa shape index (κ3) is 2.87. The van der Waals surface area contributed by atoms with Crippen molar-refractivity contribution in [3.8, 4) is 5.75 Å². The molecule has 4 nitrogen and oxygen atoms in total. The van der Waals surface area contributed by atoms with E-state index in [1.807, 2.05) is 0 Å². The zero-order valence-corrected chi connectivity index (χ0v) is 10.6. The van der Waals surface area contributed by atoms with Gasteiger partial charge in [0.2, 0.25) is 0 Å². The van der Waals surface area contributed by atoms with Gasteiger partial charge in [0.15, 0.2) is 11.6 Å². The van der Waals surface area contributed by atoms with Crippen molar-refractivity contribution >= 4 is 23.1 Å². The van der Waals surface area contributed by atoms with E-state index in [0.717, 1.165) is 0 Å². The molecule has 2 aromatic rings. The van der Waals surface area contributed by atoms with Crippen LogP contribution in [0.2, 0.25) is 5.15 Å². The van der Waals surface area contributed by atoms with Crippen molar-refractivity contribution in [3.63, 3.8) is 0 Å². The number of hydrogen-bond donors (Lipinski definition) is 1. The monoisotopic (exact) mass is 267 g/mol. The number of nitrogens with one attached hydrogen (secondary N) is 1. The lowest BCUT2D eigenvalue weighted by molar-refractivity contribution is 0.387. The topological polar surface area (TPSA) is 47.0 Å². The molecule has 0 fully saturated rings. The summed E-state index contributed by atoms with van der Waals surface area (Å²) in [6, 6.07) is 6.03. The number of methoxy groups -OCH3 is 1. The summed E-state index contributed by atoms with van der Waals surface area (Å²) < 4.78 is 18.1. The lowest BCUT2D eigenvalue weighted by Crippen LogP contribution is -1.98. The Morgan fingerprint density at radius 2 is 2.06 bits per heavy atom. The minimum atomic E-state index is -0.417. The predicted molar refractivity (Wildman–Crippen MR) is 68.0 cm³/mol. The first-order valence-corrected chi connectivity index (χ1v) is 5.58. The number of anilines is 2. The van der Waals surface area contributed by atoms with E-state index in [9.17, 15) is 4.39 Å². The Balaban J connectivity index is 2.28. The van der Waals surface area contributed by atoms with Gasteiger partial charge in [-0.2, -0.15) is 0 Å². The third-order valence-electron chi connectivity index (χ3n) is 2.23. The second-order valence-corrected chi connectivity index (χ2v) is 3.98. The smallest absolute Gasteiger partial charge is 0.165 e. The van der Waals surface area contributed by atoms with Gasteiger partial charge in [0, 0.05) is 17.8 Å². The molecule has 0 saturated heterocycles. The Kier molecular flexibility index (Phi) is 3.62. The molecule has 18 heavy (non-hydrogen) atoms. The zero-order valence-electron chi connectivity index (χ0n) is 9.87. The second kappa shape index (κ2) is 5.18. The van der Waals surface area contributed by atoms with Gasteiger partial charge in [0.1, 0.15) is 16.8 Å². The number of nitrogens with zero attached hydrogens (tertiary/aromatic N) is 2. The normalized spacial score (nSPS) is 10.2. The minimum absolute atomic E-state index is 0.164. The van der Waals surface area contributed by atoms with Crippen molar-refractivity contribution < 1.29 is 9.13 Å². The number of halogens is 2. The van der Waals surface area contributed by atoms with E-state index in [0.29, 0.717) is 22.5 Å². The highest BCUT2D eigenvalue weighted by Crippen LogP contribution is 2.24. The Morgan fingerprint density at radius 1 is 1.28 bits per heavy atom. The van der Waals surface area contributed by atoms with Crippen molar-refractivity contribution in [2.24, 2.45) is 0 Å². The summed E-state index contributed by atoms with van der Waals surface area (Å²) in [5, 5.41) is 3.35. The molecule has 1 aromatic heterocycles. The summed E-state index contributed by atoms with van der Waals surface area (Å²) in [7, 11) is 1.41. The van der Waals surface area contributed by atoms with Gasteiger partial charge in [-0.15, -0.1) is 0 Å². The molecule has 2 rings (SSSR count). The average Bonchev–Trinajstić information content (AvgIpc) is 2.30. The summed E-state index contributed by atoms with van der Waals surface area (Å²) in [4.78, 5) is 8.12. The van der Waals surface area contributed by atoms with Crippen LogP contribution in [0, 0.1) is 12.7 Å². The van der Waals surface area contributed by atoms with Gasteiger partial charge in [-0.1, -0.05) is 11.6 Å². The molecular weight excluding hydrogens is 257 g/mol. The van der Waals surface area contributed by atoms with E-state index in [1.165, 1.54) is 13.2 Å². The Hall–Kier alpha value is -1.88. The van der Waals surface area contributed by atoms with Crippen LogP contribution in [0.5, 0.6) is 5.75 Å². The van der Waals surface area contributed by atoms with E-state index in [4.69, 9.17) is 16.3 Å². The molecule has 0 aliphatic heterocycles. The zero-order chi connectivity index (χ0) is 13.1. The molecule has 0 unspecified atom stereocenters. The maximum atomic E-state index is 13.2. The molecule has 6 heteroatoms. The van der Waals surface area contributed by atoms with Gasteiger partial charge < -0.3 is 10.1 Å². The van der Waals surface area contributed by atoms with Crippen molar-refractivity contribution in [3.05, 3.63) is 41.1 Å². The number of ether oxygens (including phenoxy) is 1. The van der Waals surface area contributed by atoms with Crippen LogP contribution < -0.4 is 10.1 Å². The first-order valence-electron chi connectivity index (χ1n) is 5.20. The summed E-state index contributed by atoms with van der Waals surface area (Å²) in [5.74, 6) is 0.845. The van der Waals surface area contributed by atoms with Crippen LogP contribution in [0.25, 0.3) is 0 Å². The molecule has 1 heterocycles. The highest BCUT2D eigenvalue weighted by atomic mass is 35.5. The first-order chi connectivity index (χ1) is 8.58. The molecule has 94 valence electrons. The van der Waals surface area contributed by atoms with Gasteiger partial charge in [-0.3, -0.25) is 0 Å². The number of aromatic nitrogens is 2. The van der Waals surface area contributed by atoms with E-state index < -0.39 is 5.82 Å². The first kappa shape index (κ1) is 12.6. The highest BCUT2D eigenvalue weighted by molar-refractivity contribution is 6.29. The standard InChI is InChI=1S/C12H11ClFN3O/c1-7-15-11(13)6-12(16-7)17-8-3-4-9(14)10(5-8)18-2/h3-6H,1-2H3,(H,15,16,17). The van der Waals surface area contributed by atoms with E-state index in [2.05, 4.69) is 15.3 Å². The number of aryl methyl sites for hydroxylation is 1. The van der Waals surface area contributed by atoms with Crippen molar-refractivity contribution in [2.45, 2.75) is 6.92 Å². The van der Waals surface area contributed by atoms with Gasteiger partial charge in [0.25, 0.3) is 0 Å². The molecule has 0 spiro atoms. The average molecular weight is 268 g/mol. The molecule has 1 N–H and O–H groups in total. The third-order valence-corrected chi connectivity index (χ3v) is 2.42. The molecule has 0 bridgehead atoms. The summed E-state index contributed by atoms with van der Waals surface area (Å²) in [5.41, 5.74) is 0.655. The van der Waals surface area contributed by atoms with Crippen LogP contribution in [-0.4, -0.2) is 17.1 Å². The lowest BCUT2D eigenvalue weighted by Gasteiger charge is -2.08. The highest BCUT2D eigenvalue weighted by Gasteiger charge is 2.05. The quantitative estimate of drug-likeness (QED) is 0.867. The van der Waals surface area contributed by atoms with Crippen LogP contribution in [-0.2, 0) is 0 Å². The molecule has 0 radical (unpaired) electrons. The minimum Gasteiger partial charge on any atom is -0.494 e. The van der Waals surface area contributed by atoms with Crippen molar-refractivity contribution in [1.29, 1.82) is 0 Å². The van der Waals surface area contributed by atoms with Gasteiger partial charge in [0.05, 0.1) is 7.11 Å². The van der Waals surface area contributed by atoms with Gasteiger partial charge in [-0.05, 0) is 19.1 Å². The fourth-order valence-electron chi connectivity index (χ4n) is 1.48. The molecule has 1 aromatic carbocycles. The Morgan fingerprint density at radius 3 is 2.72 bits per heavy atom. The van der Waals surface area contributed by atoms with Gasteiger partial charge in [-0.25, -0.2) is 14.4 Å². The van der Waals surface area contributed by atoms with Crippen LogP contribution in [0.1, 0.15) is 5.82 Å². The SMILES string of the molecule is COc1cc(Nc2cc(Cl)nc(C)n2)ccc1F. The fourth-order valence-corrected chi connectivity index (χ4v) is 1.71. The van der Waals surface area contributed by atoms with E-state index in [-0.39, 0.29) is 5.75 Å². The van der Waals surface area contributed by atoms with Crippen LogP contribution in [0.3, 0.4) is 0 Å². The number of benzene rings is 1. The largest absolute Gasteiger partial charge is 0.494 e. The molecule has 0 amide bonds. The maximum Gasteiger partial charge on any atom is 0.165 e. The molecular formula is C12H11ClFN3O. The summed E-state index contributed by atoms with van der Waals surface area (Å²) >= 11 is 5.82. The van der Waals surface area contributed by atoms with Crippen molar-refractivity contribution in [2.75, 3.05) is 12.4 Å². The molecule has 0 aliphatic rings. The van der Waals surface area contributed by atoms with E-state index >= 15 is 0 Å². The second-order valence-electron chi connectivity index (χ2n) is 3.60. The number of hydrogen-bond acceptors (Lipinski definition) is 4. The molecule has 0 atom stereocenters. The van der Waals surface area contributed by atoms with Crippen LogP contribution in [0.4, 0.5) is 15.9 Å². The number of rotatable bonds is 3. The summed E-state index contributed by atoms with van der Waals surface area (Å²) in [6.07, 6.45) is 0. The lowest BCUT2D eigenvalue weighted by atomic mass is 10.3. The van der Waals surface area contributed by atoms with Crippen LogP contribution >= 0.6 is 11.6 Å². The molecule has 0 aliphatic carbocycles. The van der Waals surface area contributed by atoms with Crippen molar-refractivity contribution in [1.82, 2.24) is 9.97 Å². The fraction of sp³-hybridized carbons (Fsp3) is 0.167. The predicted octanol–water partition coefficient (Wildman–Crippen LogP) is 3.33. The summed E-state index contributed by atoms with van der Waals surface area (Å²) in [6.45, 7) is 1.74.